The Morgan fingerprint density at radius 3 is 0.652 bits per heavy atom. The van der Waals surface area contributed by atoms with E-state index in [1.165, 1.54) is 0 Å². The van der Waals surface area contributed by atoms with Crippen molar-refractivity contribution in [1.29, 1.82) is 0 Å². The summed E-state index contributed by atoms with van der Waals surface area (Å²) >= 11 is 0. The zero-order chi connectivity index (χ0) is 15.3. The van der Waals surface area contributed by atoms with Gasteiger partial charge in [-0.2, -0.15) is 0 Å². The molecule has 0 saturated carbocycles. The molecule has 0 heterocycles. The summed E-state index contributed by atoms with van der Waals surface area (Å²) in [5.74, 6) is 0.965. The first-order valence-corrected chi connectivity index (χ1v) is 6.40. The van der Waals surface area contributed by atoms with Crippen LogP contribution in [0.1, 0.15) is 0 Å². The van der Waals surface area contributed by atoms with Crippen LogP contribution in [0.4, 0.5) is 0 Å². The molecule has 0 aliphatic rings. The van der Waals surface area contributed by atoms with E-state index < -0.39 is 0 Å². The Hall–Kier alpha value is -1.94. The third kappa shape index (κ3) is 13.4. The van der Waals surface area contributed by atoms with E-state index in [1.54, 1.807) is 72.8 Å². The van der Waals surface area contributed by atoms with Crippen molar-refractivity contribution in [3.8, 4) is 17.2 Å². The van der Waals surface area contributed by atoms with Gasteiger partial charge in [0.2, 0.25) is 0 Å². The SMILES string of the molecule is Oc1ccccc1.Oc1ccccc1.Oc1ccccc1.[Cl-].[Ti]. The molecule has 0 spiro atoms. The van der Waals surface area contributed by atoms with E-state index >= 15 is 0 Å². The van der Waals surface area contributed by atoms with Crippen LogP contribution in [0, 0.1) is 0 Å². The number of hydrogen-bond acceptors (Lipinski definition) is 3. The van der Waals surface area contributed by atoms with E-state index in [-0.39, 0.29) is 34.1 Å². The maximum atomic E-state index is 8.63. The first kappa shape index (κ1) is 23.3. The van der Waals surface area contributed by atoms with Gasteiger partial charge in [-0.3, -0.25) is 0 Å². The number of rotatable bonds is 0. The predicted octanol–water partition coefficient (Wildman–Crippen LogP) is 1.18. The Bertz CT molecular complexity index is 503. The summed E-state index contributed by atoms with van der Waals surface area (Å²) in [5.41, 5.74) is 0. The van der Waals surface area contributed by atoms with Crippen LogP contribution in [-0.4, -0.2) is 15.3 Å². The van der Waals surface area contributed by atoms with Crippen molar-refractivity contribution < 1.29 is 49.4 Å². The average Bonchev–Trinajstić information content (AvgIpc) is 2.51. The number of benzene rings is 3. The van der Waals surface area contributed by atoms with E-state index in [9.17, 15) is 0 Å². The second kappa shape index (κ2) is 15.0. The summed E-state index contributed by atoms with van der Waals surface area (Å²) in [6.45, 7) is 0. The molecule has 0 saturated heterocycles. The molecular weight excluding hydrogens is 348 g/mol. The topological polar surface area (TPSA) is 60.7 Å². The Morgan fingerprint density at radius 2 is 0.565 bits per heavy atom. The van der Waals surface area contributed by atoms with E-state index in [2.05, 4.69) is 0 Å². The van der Waals surface area contributed by atoms with Crippen LogP contribution in [0.5, 0.6) is 17.2 Å². The molecule has 23 heavy (non-hydrogen) atoms. The Kier molecular flexibility index (Phi) is 15.2. The van der Waals surface area contributed by atoms with Crippen LogP contribution in [0.2, 0.25) is 0 Å². The van der Waals surface area contributed by atoms with Gasteiger partial charge in [-0.05, 0) is 36.4 Å². The summed E-state index contributed by atoms with van der Waals surface area (Å²) in [6, 6.07) is 26.1. The molecule has 0 aliphatic heterocycles. The number of aromatic hydroxyl groups is 3. The fourth-order valence-corrected chi connectivity index (χ4v) is 1.28. The third-order valence-corrected chi connectivity index (χ3v) is 2.27. The number of halogens is 1. The summed E-state index contributed by atoms with van der Waals surface area (Å²) in [7, 11) is 0. The average molecular weight is 366 g/mol. The first-order chi connectivity index (χ1) is 10.2. The van der Waals surface area contributed by atoms with Gasteiger partial charge in [0.15, 0.2) is 0 Å². The van der Waals surface area contributed by atoms with Gasteiger partial charge in [0.25, 0.3) is 0 Å². The van der Waals surface area contributed by atoms with Gasteiger partial charge in [0.1, 0.15) is 17.2 Å². The van der Waals surface area contributed by atoms with Crippen molar-refractivity contribution in [2.45, 2.75) is 0 Å². The fraction of sp³-hybridized carbons (Fsp3) is 0. The van der Waals surface area contributed by atoms with Crippen LogP contribution < -0.4 is 12.4 Å². The van der Waals surface area contributed by atoms with Crippen LogP contribution in [-0.2, 0) is 21.7 Å². The Morgan fingerprint density at radius 1 is 0.391 bits per heavy atom. The zero-order valence-electron chi connectivity index (χ0n) is 12.4. The van der Waals surface area contributed by atoms with Gasteiger partial charge in [-0.25, -0.2) is 0 Å². The van der Waals surface area contributed by atoms with E-state index in [0.717, 1.165) is 0 Å². The molecule has 3 N–H and O–H groups in total. The molecule has 0 fully saturated rings. The molecule has 3 rings (SSSR count). The van der Waals surface area contributed by atoms with E-state index in [0.29, 0.717) is 17.2 Å². The second-order valence-electron chi connectivity index (χ2n) is 4.01. The molecule has 0 atom stereocenters. The molecule has 3 nitrogen and oxygen atoms in total. The van der Waals surface area contributed by atoms with Crippen molar-refractivity contribution in [3.05, 3.63) is 91.0 Å². The second-order valence-corrected chi connectivity index (χ2v) is 4.01. The molecule has 0 amide bonds. The molecule has 0 bridgehead atoms. The predicted molar refractivity (Wildman–Crippen MR) is 84.3 cm³/mol. The van der Waals surface area contributed by atoms with Gasteiger partial charge in [0, 0.05) is 21.7 Å². The smallest absolute Gasteiger partial charge is 0.115 e. The molecule has 3 aromatic rings. The molecule has 0 radical (unpaired) electrons. The first-order valence-electron chi connectivity index (χ1n) is 6.40. The molecule has 0 aromatic heterocycles. The van der Waals surface area contributed by atoms with Crippen LogP contribution in [0.3, 0.4) is 0 Å². The summed E-state index contributed by atoms with van der Waals surface area (Å²) in [6.07, 6.45) is 0. The third-order valence-electron chi connectivity index (χ3n) is 2.27. The van der Waals surface area contributed by atoms with Crippen molar-refractivity contribution in [2.75, 3.05) is 0 Å². The van der Waals surface area contributed by atoms with Crippen molar-refractivity contribution >= 4 is 0 Å². The minimum atomic E-state index is 0. The maximum Gasteiger partial charge on any atom is 0.115 e. The van der Waals surface area contributed by atoms with Gasteiger partial charge >= 0.3 is 0 Å². The van der Waals surface area contributed by atoms with Crippen LogP contribution in [0.25, 0.3) is 0 Å². The Balaban J connectivity index is 0. The van der Waals surface area contributed by atoms with Gasteiger partial charge in [0.05, 0.1) is 0 Å². The van der Waals surface area contributed by atoms with E-state index in [1.807, 2.05) is 18.2 Å². The summed E-state index contributed by atoms with van der Waals surface area (Å²) < 4.78 is 0. The minimum absolute atomic E-state index is 0. The maximum absolute atomic E-state index is 8.63. The molecule has 120 valence electrons. The normalized spacial score (nSPS) is 7.83. The molecule has 3 aromatic carbocycles. The fourth-order valence-electron chi connectivity index (χ4n) is 1.28. The number of phenols is 3. The zero-order valence-corrected chi connectivity index (χ0v) is 14.7. The molecule has 5 heteroatoms. The standard InChI is InChI=1S/3C6H6O.ClH.Ti/c3*7-6-4-2-1-3-5-6;;/h3*1-5,7H;1H;/p-1. The molecular formula is C18H18ClO3Ti-. The monoisotopic (exact) mass is 365 g/mol. The minimum Gasteiger partial charge on any atom is -1.00 e. The van der Waals surface area contributed by atoms with E-state index in [4.69, 9.17) is 15.3 Å². The van der Waals surface area contributed by atoms with Crippen molar-refractivity contribution in [1.82, 2.24) is 0 Å². The van der Waals surface area contributed by atoms with Crippen molar-refractivity contribution in [2.24, 2.45) is 0 Å². The largest absolute Gasteiger partial charge is 1.00 e. The molecule has 0 unspecified atom stereocenters. The van der Waals surface area contributed by atoms with Crippen molar-refractivity contribution in [3.63, 3.8) is 0 Å². The number of hydrogen-bond donors (Lipinski definition) is 3. The van der Waals surface area contributed by atoms with Gasteiger partial charge < -0.3 is 27.7 Å². The molecule has 0 aliphatic carbocycles. The number of para-hydroxylation sites is 3. The number of phenolic OH excluding ortho intramolecular Hbond substituents is 3. The van der Waals surface area contributed by atoms with Gasteiger partial charge in [-0.1, -0.05) is 54.6 Å². The Labute approximate surface area is 157 Å². The van der Waals surface area contributed by atoms with Crippen LogP contribution in [0.15, 0.2) is 91.0 Å². The summed E-state index contributed by atoms with van der Waals surface area (Å²) in [5, 5.41) is 25.9. The quantitative estimate of drug-likeness (QED) is 0.524. The van der Waals surface area contributed by atoms with Gasteiger partial charge in [-0.15, -0.1) is 0 Å². The summed E-state index contributed by atoms with van der Waals surface area (Å²) in [4.78, 5) is 0. The van der Waals surface area contributed by atoms with Crippen LogP contribution >= 0.6 is 0 Å².